The van der Waals surface area contributed by atoms with Crippen molar-refractivity contribution in [3.8, 4) is 5.75 Å². The van der Waals surface area contributed by atoms with Crippen molar-refractivity contribution in [2.45, 2.75) is 20.4 Å². The summed E-state index contributed by atoms with van der Waals surface area (Å²) in [5.41, 5.74) is 2.36. The number of rotatable bonds is 4. The summed E-state index contributed by atoms with van der Waals surface area (Å²) >= 11 is 0. The molecule has 2 N–H and O–H groups in total. The van der Waals surface area contributed by atoms with Crippen LogP contribution in [-0.4, -0.2) is 10.0 Å². The zero-order valence-corrected chi connectivity index (χ0v) is 11.7. The van der Waals surface area contributed by atoms with Crippen molar-refractivity contribution in [2.24, 2.45) is 0 Å². The van der Waals surface area contributed by atoms with Crippen LogP contribution in [0.15, 0.2) is 30.3 Å². The number of nitro benzene ring substituents is 1. The second-order valence-electron chi connectivity index (χ2n) is 4.84. The summed E-state index contributed by atoms with van der Waals surface area (Å²) in [5, 5.41) is 23.6. The molecule has 0 aliphatic heterocycles. The van der Waals surface area contributed by atoms with E-state index in [0.29, 0.717) is 11.3 Å². The first-order chi connectivity index (χ1) is 9.88. The Balaban J connectivity index is 2.29. The molecular formula is C15H15FN2O3. The van der Waals surface area contributed by atoms with Crippen molar-refractivity contribution in [3.05, 3.63) is 63.0 Å². The Morgan fingerprint density at radius 1 is 1.24 bits per heavy atom. The van der Waals surface area contributed by atoms with Gasteiger partial charge in [0, 0.05) is 18.2 Å². The Hall–Kier alpha value is -2.63. The Morgan fingerprint density at radius 3 is 2.57 bits per heavy atom. The van der Waals surface area contributed by atoms with Crippen LogP contribution in [-0.2, 0) is 6.54 Å². The first kappa shape index (κ1) is 14.8. The highest BCUT2D eigenvalue weighted by Crippen LogP contribution is 2.29. The fraction of sp³-hybridized carbons (Fsp3) is 0.200. The third-order valence-corrected chi connectivity index (χ3v) is 3.32. The summed E-state index contributed by atoms with van der Waals surface area (Å²) in [7, 11) is 0. The molecule has 0 fully saturated rings. The van der Waals surface area contributed by atoms with E-state index >= 15 is 0 Å². The Kier molecular flexibility index (Phi) is 4.07. The summed E-state index contributed by atoms with van der Waals surface area (Å²) in [6.07, 6.45) is 0. The summed E-state index contributed by atoms with van der Waals surface area (Å²) in [5.74, 6) is -0.533. The molecule has 0 saturated carbocycles. The number of benzene rings is 2. The maximum atomic E-state index is 13.2. The largest absolute Gasteiger partial charge is 0.508 e. The zero-order chi connectivity index (χ0) is 15.6. The lowest BCUT2D eigenvalue weighted by Gasteiger charge is -2.11. The molecular weight excluding hydrogens is 275 g/mol. The van der Waals surface area contributed by atoms with Crippen molar-refractivity contribution in [2.75, 3.05) is 5.32 Å². The molecule has 0 radical (unpaired) electrons. The molecule has 0 bridgehead atoms. The third-order valence-electron chi connectivity index (χ3n) is 3.32. The number of hydrogen-bond donors (Lipinski definition) is 2. The second-order valence-corrected chi connectivity index (χ2v) is 4.84. The smallest absolute Gasteiger partial charge is 0.292 e. The molecule has 0 unspecified atom stereocenters. The van der Waals surface area contributed by atoms with Crippen molar-refractivity contribution >= 4 is 11.4 Å². The summed E-state index contributed by atoms with van der Waals surface area (Å²) < 4.78 is 13.2. The van der Waals surface area contributed by atoms with E-state index in [2.05, 4.69) is 5.32 Å². The van der Waals surface area contributed by atoms with Gasteiger partial charge in [0.1, 0.15) is 17.3 Å². The van der Waals surface area contributed by atoms with Crippen LogP contribution in [0.4, 0.5) is 15.8 Å². The van der Waals surface area contributed by atoms with Gasteiger partial charge in [0.25, 0.3) is 5.69 Å². The topological polar surface area (TPSA) is 75.4 Å². The quantitative estimate of drug-likeness (QED) is 0.665. The molecule has 5 nitrogen and oxygen atoms in total. The molecule has 21 heavy (non-hydrogen) atoms. The fourth-order valence-electron chi connectivity index (χ4n) is 1.98. The Morgan fingerprint density at radius 2 is 1.90 bits per heavy atom. The van der Waals surface area contributed by atoms with Crippen LogP contribution >= 0.6 is 0 Å². The third kappa shape index (κ3) is 3.28. The molecule has 0 saturated heterocycles. The molecule has 0 aliphatic rings. The van der Waals surface area contributed by atoms with Crippen molar-refractivity contribution in [3.63, 3.8) is 0 Å². The van der Waals surface area contributed by atoms with Gasteiger partial charge in [-0.2, -0.15) is 0 Å². The van der Waals surface area contributed by atoms with Crippen LogP contribution in [0.1, 0.15) is 16.7 Å². The van der Waals surface area contributed by atoms with Gasteiger partial charge in [-0.3, -0.25) is 10.1 Å². The molecule has 0 aliphatic carbocycles. The van der Waals surface area contributed by atoms with E-state index in [9.17, 15) is 19.6 Å². The molecule has 2 rings (SSSR count). The van der Waals surface area contributed by atoms with E-state index in [-0.39, 0.29) is 18.0 Å². The number of nitrogens with zero attached hydrogens (tertiary/aromatic N) is 1. The van der Waals surface area contributed by atoms with Crippen molar-refractivity contribution in [1.82, 2.24) is 0 Å². The molecule has 110 valence electrons. The highest BCUT2D eigenvalue weighted by molar-refractivity contribution is 5.64. The first-order valence-corrected chi connectivity index (χ1v) is 6.35. The van der Waals surface area contributed by atoms with Gasteiger partial charge in [0.15, 0.2) is 0 Å². The van der Waals surface area contributed by atoms with Crippen LogP contribution in [0, 0.1) is 29.8 Å². The minimum Gasteiger partial charge on any atom is -0.508 e. The lowest BCUT2D eigenvalue weighted by molar-refractivity contribution is -0.384. The molecule has 0 atom stereocenters. The van der Waals surface area contributed by atoms with E-state index in [1.165, 1.54) is 18.2 Å². The minimum atomic E-state index is -0.473. The minimum absolute atomic E-state index is 0.0472. The van der Waals surface area contributed by atoms with Gasteiger partial charge in [0.2, 0.25) is 0 Å². The average molecular weight is 290 g/mol. The number of phenols is 1. The van der Waals surface area contributed by atoms with Crippen LogP contribution < -0.4 is 5.32 Å². The number of halogens is 1. The number of hydrogen-bond acceptors (Lipinski definition) is 4. The molecule has 0 aromatic heterocycles. The molecule has 2 aromatic rings. The SMILES string of the molecule is Cc1cc(NCc2cc(F)ccc2O)c([N+](=O)[O-])cc1C. The van der Waals surface area contributed by atoms with E-state index in [0.717, 1.165) is 17.2 Å². The van der Waals surface area contributed by atoms with E-state index in [1.54, 1.807) is 13.0 Å². The number of aromatic hydroxyl groups is 1. The summed E-state index contributed by atoms with van der Waals surface area (Å²) in [6.45, 7) is 3.74. The van der Waals surface area contributed by atoms with E-state index < -0.39 is 10.7 Å². The number of phenolic OH excluding ortho intramolecular Hbond substituents is 1. The van der Waals surface area contributed by atoms with Crippen LogP contribution in [0.3, 0.4) is 0 Å². The number of anilines is 1. The standard InChI is InChI=1S/C15H15FN2O3/c1-9-5-13(14(18(20)21)6-10(9)2)17-8-11-7-12(16)3-4-15(11)19/h3-7,17,19H,8H2,1-2H3. The number of nitrogens with one attached hydrogen (secondary N) is 1. The van der Waals surface area contributed by atoms with E-state index in [1.807, 2.05) is 6.92 Å². The average Bonchev–Trinajstić information content (AvgIpc) is 2.42. The Labute approximate surface area is 121 Å². The molecule has 0 amide bonds. The maximum absolute atomic E-state index is 13.2. The van der Waals surface area contributed by atoms with E-state index in [4.69, 9.17) is 0 Å². The lowest BCUT2D eigenvalue weighted by atomic mass is 10.1. The zero-order valence-electron chi connectivity index (χ0n) is 11.7. The fourth-order valence-corrected chi connectivity index (χ4v) is 1.98. The highest BCUT2D eigenvalue weighted by atomic mass is 19.1. The molecule has 2 aromatic carbocycles. The predicted octanol–water partition coefficient (Wildman–Crippen LogP) is 3.67. The van der Waals surface area contributed by atoms with Crippen LogP contribution in [0.2, 0.25) is 0 Å². The first-order valence-electron chi connectivity index (χ1n) is 6.35. The molecule has 0 heterocycles. The van der Waals surface area contributed by atoms with Gasteiger partial charge < -0.3 is 10.4 Å². The summed E-state index contributed by atoms with van der Waals surface area (Å²) in [6, 6.07) is 6.75. The van der Waals surface area contributed by atoms with Crippen LogP contribution in [0.25, 0.3) is 0 Å². The predicted molar refractivity (Wildman–Crippen MR) is 78.0 cm³/mol. The molecule has 0 spiro atoms. The highest BCUT2D eigenvalue weighted by Gasteiger charge is 2.15. The van der Waals surface area contributed by atoms with Gasteiger partial charge in [-0.1, -0.05) is 0 Å². The van der Waals surface area contributed by atoms with Gasteiger partial charge in [-0.15, -0.1) is 0 Å². The molecule has 6 heteroatoms. The number of nitro groups is 1. The monoisotopic (exact) mass is 290 g/mol. The lowest BCUT2D eigenvalue weighted by Crippen LogP contribution is -2.04. The maximum Gasteiger partial charge on any atom is 0.292 e. The Bertz CT molecular complexity index is 702. The van der Waals surface area contributed by atoms with Crippen molar-refractivity contribution in [1.29, 1.82) is 0 Å². The normalized spacial score (nSPS) is 10.4. The number of aryl methyl sites for hydroxylation is 2. The van der Waals surface area contributed by atoms with Gasteiger partial charge in [-0.25, -0.2) is 4.39 Å². The van der Waals surface area contributed by atoms with Crippen molar-refractivity contribution < 1.29 is 14.4 Å². The van der Waals surface area contributed by atoms with Crippen LogP contribution in [0.5, 0.6) is 5.75 Å². The van der Waals surface area contributed by atoms with Gasteiger partial charge in [-0.05, 0) is 49.2 Å². The summed E-state index contributed by atoms with van der Waals surface area (Å²) in [4.78, 5) is 10.6. The van der Waals surface area contributed by atoms with Gasteiger partial charge in [0.05, 0.1) is 4.92 Å². The van der Waals surface area contributed by atoms with Gasteiger partial charge >= 0.3 is 0 Å². The second kappa shape index (κ2) is 5.78.